The smallest absolute Gasteiger partial charge is 0.274 e. The Morgan fingerprint density at radius 2 is 2.00 bits per heavy atom. The minimum atomic E-state index is -0.293. The maximum atomic E-state index is 12.8. The maximum absolute atomic E-state index is 12.8. The van der Waals surface area contributed by atoms with E-state index >= 15 is 0 Å². The second-order valence-electron chi connectivity index (χ2n) is 6.45. The van der Waals surface area contributed by atoms with Crippen LogP contribution in [-0.4, -0.2) is 22.1 Å². The number of imidazole rings is 1. The zero-order valence-corrected chi connectivity index (χ0v) is 16.6. The summed E-state index contributed by atoms with van der Waals surface area (Å²) in [5, 5.41) is 3.30. The fourth-order valence-electron chi connectivity index (χ4n) is 2.52. The monoisotopic (exact) mass is 401 g/mol. The van der Waals surface area contributed by atoms with Gasteiger partial charge in [-0.25, -0.2) is 0 Å². The number of H-pyrrole nitrogens is 1. The first-order valence-electron chi connectivity index (χ1n) is 8.55. The first kappa shape index (κ1) is 19.2. The van der Waals surface area contributed by atoms with Crippen molar-refractivity contribution in [1.29, 1.82) is 0 Å². The van der Waals surface area contributed by atoms with E-state index in [1.54, 1.807) is 29.0 Å². The van der Waals surface area contributed by atoms with Crippen molar-refractivity contribution in [2.45, 2.75) is 13.8 Å². The van der Waals surface area contributed by atoms with Gasteiger partial charge in [0.1, 0.15) is 11.4 Å². The molecule has 140 valence electrons. The molecule has 27 heavy (non-hydrogen) atoms. The number of aromatic nitrogens is 2. The Morgan fingerprint density at radius 1 is 1.26 bits per heavy atom. The van der Waals surface area contributed by atoms with Gasteiger partial charge in [-0.15, -0.1) is 0 Å². The standard InChI is InChI=1S/C20H20ClN3O2S/c1-13(2)12-26-18-9-8-14(10-16(18)21)23-19(25)17-11-22-20(27)24(17)15-6-4-3-5-7-15/h3-11,13H,12H2,1-2H3,(H,22,27)(H,23,25). The number of amides is 1. The number of carbonyl (C=O) groups excluding carboxylic acids is 1. The van der Waals surface area contributed by atoms with E-state index in [2.05, 4.69) is 24.1 Å². The van der Waals surface area contributed by atoms with Crippen LogP contribution >= 0.6 is 23.8 Å². The SMILES string of the molecule is CC(C)COc1ccc(NC(=O)c2c[nH]c(=S)n2-c2ccccc2)cc1Cl. The molecule has 0 saturated carbocycles. The third-order valence-electron chi connectivity index (χ3n) is 3.79. The Labute approximate surface area is 167 Å². The number of halogens is 1. The minimum Gasteiger partial charge on any atom is -0.492 e. The van der Waals surface area contributed by atoms with Gasteiger partial charge in [-0.05, 0) is 48.5 Å². The highest BCUT2D eigenvalue weighted by atomic mass is 35.5. The third-order valence-corrected chi connectivity index (χ3v) is 4.38. The average molecular weight is 402 g/mol. The predicted octanol–water partition coefficient (Wildman–Crippen LogP) is 5.48. The number of aromatic amines is 1. The summed E-state index contributed by atoms with van der Waals surface area (Å²) in [5.74, 6) is 0.699. The van der Waals surface area contributed by atoms with Gasteiger partial charge in [0.05, 0.1) is 11.6 Å². The molecule has 0 atom stereocenters. The summed E-state index contributed by atoms with van der Waals surface area (Å²) in [4.78, 5) is 15.7. The Morgan fingerprint density at radius 3 is 2.67 bits per heavy atom. The summed E-state index contributed by atoms with van der Waals surface area (Å²) in [7, 11) is 0. The van der Waals surface area contributed by atoms with Crippen LogP contribution in [0.3, 0.4) is 0 Å². The molecule has 2 N–H and O–H groups in total. The number of nitrogens with zero attached hydrogens (tertiary/aromatic N) is 1. The highest BCUT2D eigenvalue weighted by Crippen LogP contribution is 2.28. The zero-order valence-electron chi connectivity index (χ0n) is 15.0. The molecule has 1 heterocycles. The highest BCUT2D eigenvalue weighted by Gasteiger charge is 2.15. The van der Waals surface area contributed by atoms with Gasteiger partial charge in [-0.2, -0.15) is 0 Å². The number of para-hydroxylation sites is 1. The number of carbonyl (C=O) groups is 1. The molecule has 5 nitrogen and oxygen atoms in total. The summed E-state index contributed by atoms with van der Waals surface area (Å²) in [6.45, 7) is 4.71. The van der Waals surface area contributed by atoms with Gasteiger partial charge in [0, 0.05) is 17.6 Å². The maximum Gasteiger partial charge on any atom is 0.274 e. The van der Waals surface area contributed by atoms with Crippen LogP contribution in [0.5, 0.6) is 5.75 Å². The number of ether oxygens (including phenoxy) is 1. The molecule has 0 spiro atoms. The van der Waals surface area contributed by atoms with E-state index in [0.29, 0.717) is 39.4 Å². The molecular formula is C20H20ClN3O2S. The summed E-state index contributed by atoms with van der Waals surface area (Å²) in [5.41, 5.74) is 1.79. The van der Waals surface area contributed by atoms with Crippen molar-refractivity contribution in [1.82, 2.24) is 9.55 Å². The van der Waals surface area contributed by atoms with Gasteiger partial charge >= 0.3 is 0 Å². The molecule has 0 radical (unpaired) electrons. The Balaban J connectivity index is 1.81. The zero-order chi connectivity index (χ0) is 19.4. The summed E-state index contributed by atoms with van der Waals surface area (Å²) < 4.78 is 7.79. The molecular weight excluding hydrogens is 382 g/mol. The lowest BCUT2D eigenvalue weighted by Crippen LogP contribution is -2.16. The van der Waals surface area contributed by atoms with Crippen LogP contribution in [0.4, 0.5) is 5.69 Å². The molecule has 0 unspecified atom stereocenters. The van der Waals surface area contributed by atoms with Crippen LogP contribution in [0.25, 0.3) is 5.69 Å². The quantitative estimate of drug-likeness (QED) is 0.538. The Bertz CT molecular complexity index is 996. The van der Waals surface area contributed by atoms with Crippen molar-refractivity contribution in [2.24, 2.45) is 5.92 Å². The molecule has 1 aromatic heterocycles. The van der Waals surface area contributed by atoms with Gasteiger partial charge < -0.3 is 15.0 Å². The van der Waals surface area contributed by atoms with Gasteiger partial charge in [-0.3, -0.25) is 9.36 Å². The largest absolute Gasteiger partial charge is 0.492 e. The van der Waals surface area contributed by atoms with Crippen LogP contribution in [0.15, 0.2) is 54.7 Å². The van der Waals surface area contributed by atoms with Crippen LogP contribution in [0.1, 0.15) is 24.3 Å². The van der Waals surface area contributed by atoms with Crippen molar-refractivity contribution < 1.29 is 9.53 Å². The van der Waals surface area contributed by atoms with Crippen LogP contribution < -0.4 is 10.1 Å². The van der Waals surface area contributed by atoms with Gasteiger partial charge in [0.25, 0.3) is 5.91 Å². The molecule has 0 fully saturated rings. The van der Waals surface area contributed by atoms with E-state index in [0.717, 1.165) is 5.69 Å². The molecule has 0 aliphatic rings. The molecule has 0 aliphatic heterocycles. The number of anilines is 1. The van der Waals surface area contributed by atoms with Crippen molar-refractivity contribution in [3.63, 3.8) is 0 Å². The van der Waals surface area contributed by atoms with Crippen molar-refractivity contribution in [3.05, 3.63) is 70.2 Å². The first-order chi connectivity index (χ1) is 13.0. The normalized spacial score (nSPS) is 10.8. The Kier molecular flexibility index (Phi) is 5.98. The number of hydrogen-bond acceptors (Lipinski definition) is 3. The molecule has 3 rings (SSSR count). The fraction of sp³-hybridized carbons (Fsp3) is 0.200. The molecule has 7 heteroatoms. The predicted molar refractivity (Wildman–Crippen MR) is 111 cm³/mol. The van der Waals surface area contributed by atoms with Crippen LogP contribution in [0.2, 0.25) is 5.02 Å². The number of hydrogen-bond donors (Lipinski definition) is 2. The second-order valence-corrected chi connectivity index (χ2v) is 7.25. The highest BCUT2D eigenvalue weighted by molar-refractivity contribution is 7.71. The summed E-state index contributed by atoms with van der Waals surface area (Å²) >= 11 is 11.6. The molecule has 0 bridgehead atoms. The van der Waals surface area contributed by atoms with E-state index in [4.69, 9.17) is 28.6 Å². The topological polar surface area (TPSA) is 59.0 Å². The molecule has 2 aromatic carbocycles. The van der Waals surface area contributed by atoms with Gasteiger partial charge in [-0.1, -0.05) is 43.6 Å². The fourth-order valence-corrected chi connectivity index (χ4v) is 3.01. The second kappa shape index (κ2) is 8.41. The molecule has 3 aromatic rings. The van der Waals surface area contributed by atoms with Crippen LogP contribution in [0, 0.1) is 10.7 Å². The van der Waals surface area contributed by atoms with Crippen molar-refractivity contribution in [2.75, 3.05) is 11.9 Å². The van der Waals surface area contributed by atoms with E-state index in [-0.39, 0.29) is 5.91 Å². The molecule has 1 amide bonds. The minimum absolute atomic E-state index is 0.293. The van der Waals surface area contributed by atoms with Crippen molar-refractivity contribution in [3.8, 4) is 11.4 Å². The lowest BCUT2D eigenvalue weighted by Gasteiger charge is -2.12. The Hall–Kier alpha value is -2.57. The molecule has 0 aliphatic carbocycles. The third kappa shape index (κ3) is 4.59. The van der Waals surface area contributed by atoms with E-state index < -0.39 is 0 Å². The first-order valence-corrected chi connectivity index (χ1v) is 9.34. The summed E-state index contributed by atoms with van der Waals surface area (Å²) in [6.07, 6.45) is 1.59. The summed E-state index contributed by atoms with van der Waals surface area (Å²) in [6, 6.07) is 14.6. The van der Waals surface area contributed by atoms with Crippen LogP contribution in [-0.2, 0) is 0 Å². The molecule has 0 saturated heterocycles. The van der Waals surface area contributed by atoms with E-state index in [9.17, 15) is 4.79 Å². The number of rotatable bonds is 6. The lowest BCUT2D eigenvalue weighted by atomic mass is 10.2. The van der Waals surface area contributed by atoms with Gasteiger partial charge in [0.2, 0.25) is 0 Å². The lowest BCUT2D eigenvalue weighted by molar-refractivity contribution is 0.102. The van der Waals surface area contributed by atoms with E-state index in [1.807, 2.05) is 30.3 Å². The van der Waals surface area contributed by atoms with Crippen molar-refractivity contribution >= 4 is 35.4 Å². The number of benzene rings is 2. The number of nitrogens with one attached hydrogen (secondary N) is 2. The van der Waals surface area contributed by atoms with E-state index in [1.165, 1.54) is 0 Å². The average Bonchev–Trinajstić information content (AvgIpc) is 3.03. The van der Waals surface area contributed by atoms with Gasteiger partial charge in [0.15, 0.2) is 4.77 Å².